The quantitative estimate of drug-likeness (QED) is 0.160. The molecular formula is C36H36IrN2-2. The van der Waals surface area contributed by atoms with Gasteiger partial charge in [-0.05, 0) is 52.8 Å². The number of hydrogen-bond donors (Lipinski definition) is 0. The van der Waals surface area contributed by atoms with Crippen molar-refractivity contribution in [2.24, 2.45) is 11.8 Å². The van der Waals surface area contributed by atoms with E-state index in [1.165, 1.54) is 22.3 Å². The maximum Gasteiger partial charge on any atom is 0.0192 e. The summed E-state index contributed by atoms with van der Waals surface area (Å²) >= 11 is 0. The summed E-state index contributed by atoms with van der Waals surface area (Å²) in [5.41, 5.74) is 9.07. The molecule has 0 aliphatic heterocycles. The van der Waals surface area contributed by atoms with Crippen LogP contribution >= 0.6 is 0 Å². The van der Waals surface area contributed by atoms with E-state index in [-0.39, 0.29) is 20.1 Å². The molecule has 0 aliphatic carbocycles. The topological polar surface area (TPSA) is 25.8 Å². The normalized spacial score (nSPS) is 10.5. The second-order valence-electron chi connectivity index (χ2n) is 10.4. The maximum atomic E-state index is 4.61. The van der Waals surface area contributed by atoms with Gasteiger partial charge in [0, 0.05) is 32.5 Å². The summed E-state index contributed by atoms with van der Waals surface area (Å²) in [6.45, 7) is 8.90. The average Bonchev–Trinajstić information content (AvgIpc) is 2.95. The van der Waals surface area contributed by atoms with Crippen molar-refractivity contribution in [3.63, 3.8) is 0 Å². The Labute approximate surface area is 248 Å². The van der Waals surface area contributed by atoms with E-state index in [0.29, 0.717) is 11.8 Å². The van der Waals surface area contributed by atoms with Crippen LogP contribution in [0.15, 0.2) is 109 Å². The summed E-state index contributed by atoms with van der Waals surface area (Å²) in [7, 11) is 0. The van der Waals surface area contributed by atoms with Gasteiger partial charge in [-0.1, -0.05) is 82.3 Å². The number of benzene rings is 3. The molecule has 5 rings (SSSR count). The Hall–Kier alpha value is -3.39. The zero-order valence-corrected chi connectivity index (χ0v) is 25.6. The molecule has 0 N–H and O–H groups in total. The maximum absolute atomic E-state index is 4.61. The molecule has 3 aromatic carbocycles. The van der Waals surface area contributed by atoms with Crippen molar-refractivity contribution in [2.45, 2.75) is 40.5 Å². The van der Waals surface area contributed by atoms with Crippen molar-refractivity contribution in [3.05, 3.63) is 133 Å². The minimum Gasteiger partial charge on any atom is -0.304 e. The van der Waals surface area contributed by atoms with Crippen LogP contribution in [-0.4, -0.2) is 9.97 Å². The molecule has 0 aliphatic rings. The Morgan fingerprint density at radius 2 is 1.13 bits per heavy atom. The first-order valence-corrected chi connectivity index (χ1v) is 13.4. The van der Waals surface area contributed by atoms with Gasteiger partial charge in [-0.25, -0.2) is 0 Å². The van der Waals surface area contributed by atoms with E-state index in [4.69, 9.17) is 0 Å². The molecule has 0 amide bonds. The molecule has 1 radical (unpaired) electrons. The van der Waals surface area contributed by atoms with Crippen molar-refractivity contribution in [1.29, 1.82) is 0 Å². The number of nitrogens with zero attached hydrogens (tertiary/aromatic N) is 2. The SMILES string of the molecule is CC(C)Cc1ccc(-c2[c-]ccc(-c3ccccc3)c2)nc1.CC(C)Cc1ccc(-c2[c-]cccc2)nc1.[Ir]. The monoisotopic (exact) mass is 689 g/mol. The van der Waals surface area contributed by atoms with E-state index in [1.54, 1.807) is 0 Å². The Kier molecular flexibility index (Phi) is 11.8. The van der Waals surface area contributed by atoms with E-state index in [9.17, 15) is 0 Å². The number of pyridine rings is 2. The summed E-state index contributed by atoms with van der Waals surface area (Å²) in [6.07, 6.45) is 6.11. The largest absolute Gasteiger partial charge is 0.304 e. The van der Waals surface area contributed by atoms with Gasteiger partial charge in [0.25, 0.3) is 0 Å². The van der Waals surface area contributed by atoms with Gasteiger partial charge in [-0.3, -0.25) is 0 Å². The summed E-state index contributed by atoms with van der Waals surface area (Å²) in [5.74, 6) is 1.33. The molecule has 39 heavy (non-hydrogen) atoms. The zero-order chi connectivity index (χ0) is 26.7. The fourth-order valence-electron chi connectivity index (χ4n) is 4.33. The third kappa shape index (κ3) is 9.39. The molecule has 2 aromatic heterocycles. The summed E-state index contributed by atoms with van der Waals surface area (Å²) in [6, 6.07) is 39.5. The van der Waals surface area contributed by atoms with Gasteiger partial charge in [-0.2, -0.15) is 0 Å². The first kappa shape index (κ1) is 30.2. The molecule has 0 atom stereocenters. The molecule has 3 heteroatoms. The molecule has 2 nitrogen and oxygen atoms in total. The van der Waals surface area contributed by atoms with Crippen molar-refractivity contribution in [1.82, 2.24) is 9.97 Å². The molecule has 0 fully saturated rings. The fraction of sp³-hybridized carbons (Fsp3) is 0.222. The van der Waals surface area contributed by atoms with E-state index < -0.39 is 0 Å². The van der Waals surface area contributed by atoms with Crippen LogP contribution in [-0.2, 0) is 32.9 Å². The van der Waals surface area contributed by atoms with Crippen LogP contribution in [0.3, 0.4) is 0 Å². The molecular weight excluding hydrogens is 653 g/mol. The molecule has 0 bridgehead atoms. The first-order valence-electron chi connectivity index (χ1n) is 13.4. The Bertz CT molecular complexity index is 1380. The minimum absolute atomic E-state index is 0. The Morgan fingerprint density at radius 1 is 0.564 bits per heavy atom. The van der Waals surface area contributed by atoms with Gasteiger partial charge in [0.15, 0.2) is 0 Å². The van der Waals surface area contributed by atoms with Crippen molar-refractivity contribution >= 4 is 0 Å². The Balaban J connectivity index is 0.000000220. The fourth-order valence-corrected chi connectivity index (χ4v) is 4.33. The average molecular weight is 689 g/mol. The van der Waals surface area contributed by atoms with Crippen molar-refractivity contribution in [3.8, 4) is 33.6 Å². The smallest absolute Gasteiger partial charge is 0.0192 e. The summed E-state index contributed by atoms with van der Waals surface area (Å²) < 4.78 is 0. The van der Waals surface area contributed by atoms with Crippen molar-refractivity contribution in [2.75, 3.05) is 0 Å². The first-order chi connectivity index (χ1) is 18.5. The second kappa shape index (κ2) is 15.3. The number of rotatable bonds is 7. The zero-order valence-electron chi connectivity index (χ0n) is 23.2. The van der Waals surface area contributed by atoms with Gasteiger partial charge >= 0.3 is 0 Å². The van der Waals surface area contributed by atoms with Crippen LogP contribution in [0, 0.1) is 24.0 Å². The van der Waals surface area contributed by atoms with Crippen molar-refractivity contribution < 1.29 is 20.1 Å². The molecule has 0 unspecified atom stereocenters. The van der Waals surface area contributed by atoms with Gasteiger partial charge in [0.2, 0.25) is 0 Å². The molecule has 201 valence electrons. The van der Waals surface area contributed by atoms with E-state index in [2.05, 4.69) is 110 Å². The van der Waals surface area contributed by atoms with Gasteiger partial charge in [-0.15, -0.1) is 71.3 Å². The van der Waals surface area contributed by atoms with Crippen LogP contribution in [0.5, 0.6) is 0 Å². The predicted octanol–water partition coefficient (Wildman–Crippen LogP) is 9.16. The third-order valence-electron chi connectivity index (χ3n) is 6.11. The Morgan fingerprint density at radius 3 is 1.64 bits per heavy atom. The van der Waals surface area contributed by atoms with Crippen LogP contribution in [0.1, 0.15) is 38.8 Å². The molecule has 0 saturated carbocycles. The predicted molar refractivity (Wildman–Crippen MR) is 160 cm³/mol. The second-order valence-corrected chi connectivity index (χ2v) is 10.4. The van der Waals surface area contributed by atoms with Crippen LogP contribution in [0.4, 0.5) is 0 Å². The standard InChI is InChI=1S/C21H20N.C15H16N.Ir/c1-16(2)13-17-11-12-21(22-15-17)20-10-6-9-19(14-20)18-7-4-3-5-8-18;1-12(2)10-13-8-9-15(16-11-13)14-6-4-3-5-7-14;/h3-9,11-12,14-16H,13H2,1-2H3;3-6,8-9,11-12H,10H2,1-2H3;/q2*-1;. The third-order valence-corrected chi connectivity index (χ3v) is 6.11. The van der Waals surface area contributed by atoms with E-state index in [1.807, 2.05) is 48.8 Å². The van der Waals surface area contributed by atoms with Crippen LogP contribution < -0.4 is 0 Å². The molecule has 0 saturated heterocycles. The minimum atomic E-state index is 0. The molecule has 0 spiro atoms. The van der Waals surface area contributed by atoms with E-state index >= 15 is 0 Å². The van der Waals surface area contributed by atoms with Crippen LogP contribution in [0.25, 0.3) is 33.6 Å². The molecule has 2 heterocycles. The van der Waals surface area contributed by atoms with Crippen LogP contribution in [0.2, 0.25) is 0 Å². The number of aromatic nitrogens is 2. The van der Waals surface area contributed by atoms with Gasteiger partial charge in [0.1, 0.15) is 0 Å². The van der Waals surface area contributed by atoms with Gasteiger partial charge in [0.05, 0.1) is 0 Å². The molecule has 5 aromatic rings. The summed E-state index contributed by atoms with van der Waals surface area (Å²) in [4.78, 5) is 9.08. The number of hydrogen-bond acceptors (Lipinski definition) is 2. The summed E-state index contributed by atoms with van der Waals surface area (Å²) in [5, 5.41) is 0. The van der Waals surface area contributed by atoms with Gasteiger partial charge < -0.3 is 9.97 Å². The van der Waals surface area contributed by atoms with E-state index in [0.717, 1.165) is 35.4 Å².